The van der Waals surface area contributed by atoms with Crippen molar-refractivity contribution in [3.63, 3.8) is 0 Å². The number of anilines is 1. The number of carbonyl (C=O) groups is 1. The molecule has 0 unspecified atom stereocenters. The van der Waals surface area contributed by atoms with Crippen molar-refractivity contribution in [2.75, 3.05) is 18.0 Å². The molecule has 1 aliphatic carbocycles. The fourth-order valence-electron chi connectivity index (χ4n) is 1.72. The van der Waals surface area contributed by atoms with Crippen LogP contribution in [0.3, 0.4) is 0 Å². The summed E-state index contributed by atoms with van der Waals surface area (Å²) in [6, 6.07) is 0. The number of aromatic nitrogens is 1. The predicted octanol–water partition coefficient (Wildman–Crippen LogP) is 2.97. The van der Waals surface area contributed by atoms with Gasteiger partial charge in [-0.05, 0) is 25.2 Å². The molecule has 16 heavy (non-hydrogen) atoms. The van der Waals surface area contributed by atoms with E-state index >= 15 is 0 Å². The first-order chi connectivity index (χ1) is 7.70. The number of rotatable bonds is 6. The molecule has 1 saturated carbocycles. The highest BCUT2D eigenvalue weighted by atomic mass is 32.1. The smallest absolute Gasteiger partial charge is 0.185 e. The maximum absolute atomic E-state index is 11.2. The number of hydrogen-bond donors (Lipinski definition) is 0. The van der Waals surface area contributed by atoms with Gasteiger partial charge in [-0.25, -0.2) is 4.98 Å². The van der Waals surface area contributed by atoms with E-state index in [1.165, 1.54) is 24.2 Å². The Bertz CT molecular complexity index is 371. The van der Waals surface area contributed by atoms with E-state index in [4.69, 9.17) is 0 Å². The molecule has 1 fully saturated rings. The Labute approximate surface area is 100 Å². The summed E-state index contributed by atoms with van der Waals surface area (Å²) in [6.45, 7) is 5.93. The van der Waals surface area contributed by atoms with E-state index in [0.717, 1.165) is 35.4 Å². The number of nitrogens with zero attached hydrogens (tertiary/aromatic N) is 2. The third-order valence-corrected chi connectivity index (χ3v) is 3.94. The Morgan fingerprint density at radius 2 is 2.38 bits per heavy atom. The molecule has 0 amide bonds. The molecule has 1 aliphatic rings. The number of carbonyl (C=O) groups excluding carboxylic acids is 1. The summed E-state index contributed by atoms with van der Waals surface area (Å²) in [5, 5.41) is 1.01. The molecule has 4 heteroatoms. The highest BCUT2D eigenvalue weighted by Crippen LogP contribution is 2.32. The van der Waals surface area contributed by atoms with Gasteiger partial charge in [-0.15, -0.1) is 0 Å². The topological polar surface area (TPSA) is 33.2 Å². The fourth-order valence-corrected chi connectivity index (χ4v) is 2.57. The van der Waals surface area contributed by atoms with E-state index < -0.39 is 0 Å². The molecule has 0 spiro atoms. The SMILES string of the molecule is CCCN(CC1CC1)c1ncc(C(C)=O)s1. The lowest BCUT2D eigenvalue weighted by Crippen LogP contribution is -2.26. The molecule has 0 N–H and O–H groups in total. The summed E-state index contributed by atoms with van der Waals surface area (Å²) in [5.41, 5.74) is 0. The van der Waals surface area contributed by atoms with Crippen LogP contribution in [0, 0.1) is 5.92 Å². The van der Waals surface area contributed by atoms with Gasteiger partial charge < -0.3 is 4.90 Å². The zero-order valence-corrected chi connectivity index (χ0v) is 10.7. The lowest BCUT2D eigenvalue weighted by Gasteiger charge is -2.20. The summed E-state index contributed by atoms with van der Waals surface area (Å²) < 4.78 is 0. The van der Waals surface area contributed by atoms with Gasteiger partial charge >= 0.3 is 0 Å². The van der Waals surface area contributed by atoms with Crippen LogP contribution in [-0.2, 0) is 0 Å². The molecule has 0 radical (unpaired) electrons. The van der Waals surface area contributed by atoms with Gasteiger partial charge in [0.1, 0.15) is 0 Å². The molecule has 1 heterocycles. The van der Waals surface area contributed by atoms with Crippen molar-refractivity contribution in [3.8, 4) is 0 Å². The molecule has 0 saturated heterocycles. The van der Waals surface area contributed by atoms with E-state index in [1.54, 1.807) is 13.1 Å². The van der Waals surface area contributed by atoms with Crippen molar-refractivity contribution >= 4 is 22.3 Å². The Morgan fingerprint density at radius 1 is 1.62 bits per heavy atom. The van der Waals surface area contributed by atoms with Crippen LogP contribution in [0.2, 0.25) is 0 Å². The Balaban J connectivity index is 2.06. The molecular weight excluding hydrogens is 220 g/mol. The summed E-state index contributed by atoms with van der Waals surface area (Å²) in [6.07, 6.45) is 5.54. The standard InChI is InChI=1S/C12H18N2OS/c1-3-6-14(8-10-4-5-10)12-13-7-11(16-12)9(2)15/h7,10H,3-6,8H2,1-2H3. The van der Waals surface area contributed by atoms with Gasteiger partial charge in [-0.3, -0.25) is 4.79 Å². The second-order valence-electron chi connectivity index (χ2n) is 4.45. The van der Waals surface area contributed by atoms with Crippen LogP contribution in [-0.4, -0.2) is 23.9 Å². The Hall–Kier alpha value is -0.900. The normalized spacial score (nSPS) is 15.1. The summed E-state index contributed by atoms with van der Waals surface area (Å²) >= 11 is 1.52. The van der Waals surface area contributed by atoms with Gasteiger partial charge in [0.2, 0.25) is 0 Å². The highest BCUT2D eigenvalue weighted by Gasteiger charge is 2.25. The quantitative estimate of drug-likeness (QED) is 0.714. The molecule has 88 valence electrons. The number of Topliss-reactive ketones (excluding diaryl/α,β-unsaturated/α-hetero) is 1. The van der Waals surface area contributed by atoms with Crippen molar-refractivity contribution in [2.24, 2.45) is 5.92 Å². The zero-order valence-electron chi connectivity index (χ0n) is 9.90. The van der Waals surface area contributed by atoms with Crippen LogP contribution in [0.15, 0.2) is 6.20 Å². The number of thiazole rings is 1. The average Bonchev–Trinajstić information content (AvgIpc) is 2.92. The lowest BCUT2D eigenvalue weighted by atomic mass is 10.3. The molecule has 0 aliphatic heterocycles. The second kappa shape index (κ2) is 4.95. The van der Waals surface area contributed by atoms with Gasteiger partial charge in [0.15, 0.2) is 10.9 Å². The zero-order chi connectivity index (χ0) is 11.5. The van der Waals surface area contributed by atoms with Crippen molar-refractivity contribution in [1.29, 1.82) is 0 Å². The van der Waals surface area contributed by atoms with Crippen molar-refractivity contribution in [3.05, 3.63) is 11.1 Å². The van der Waals surface area contributed by atoms with Crippen molar-refractivity contribution < 1.29 is 4.79 Å². The minimum Gasteiger partial charge on any atom is -0.348 e. The second-order valence-corrected chi connectivity index (χ2v) is 5.46. The van der Waals surface area contributed by atoms with Gasteiger partial charge in [0.25, 0.3) is 0 Å². The van der Waals surface area contributed by atoms with Crippen molar-refractivity contribution in [2.45, 2.75) is 33.1 Å². The van der Waals surface area contributed by atoms with E-state index in [-0.39, 0.29) is 5.78 Å². The molecule has 1 aromatic rings. The average molecular weight is 238 g/mol. The first-order valence-electron chi connectivity index (χ1n) is 5.92. The van der Waals surface area contributed by atoms with Gasteiger partial charge in [-0.1, -0.05) is 18.3 Å². The largest absolute Gasteiger partial charge is 0.348 e. The maximum atomic E-state index is 11.2. The monoisotopic (exact) mass is 238 g/mol. The van der Waals surface area contributed by atoms with E-state index in [0.29, 0.717) is 0 Å². The van der Waals surface area contributed by atoms with Crippen LogP contribution in [0.4, 0.5) is 5.13 Å². The minimum atomic E-state index is 0.117. The predicted molar refractivity (Wildman–Crippen MR) is 67.3 cm³/mol. The Kier molecular flexibility index (Phi) is 3.59. The molecule has 0 atom stereocenters. The maximum Gasteiger partial charge on any atom is 0.185 e. The van der Waals surface area contributed by atoms with E-state index in [2.05, 4.69) is 16.8 Å². The van der Waals surface area contributed by atoms with Crippen LogP contribution >= 0.6 is 11.3 Å². The lowest BCUT2D eigenvalue weighted by molar-refractivity contribution is 0.102. The molecule has 2 rings (SSSR count). The third-order valence-electron chi connectivity index (χ3n) is 2.78. The first-order valence-corrected chi connectivity index (χ1v) is 6.74. The van der Waals surface area contributed by atoms with Crippen LogP contribution in [0.25, 0.3) is 0 Å². The molecule has 0 aromatic carbocycles. The fraction of sp³-hybridized carbons (Fsp3) is 0.667. The van der Waals surface area contributed by atoms with Gasteiger partial charge in [-0.2, -0.15) is 0 Å². The van der Waals surface area contributed by atoms with E-state index in [1.807, 2.05) is 0 Å². The van der Waals surface area contributed by atoms with Crippen LogP contribution in [0.1, 0.15) is 42.8 Å². The first kappa shape index (κ1) is 11.6. The molecule has 0 bridgehead atoms. The number of ketones is 1. The van der Waals surface area contributed by atoms with Crippen LogP contribution in [0.5, 0.6) is 0 Å². The third kappa shape index (κ3) is 2.82. The summed E-state index contributed by atoms with van der Waals surface area (Å²) in [7, 11) is 0. The molecule has 1 aromatic heterocycles. The minimum absolute atomic E-state index is 0.117. The Morgan fingerprint density at radius 3 is 2.88 bits per heavy atom. The summed E-state index contributed by atoms with van der Waals surface area (Å²) in [4.78, 5) is 18.7. The highest BCUT2D eigenvalue weighted by molar-refractivity contribution is 7.17. The summed E-state index contributed by atoms with van der Waals surface area (Å²) in [5.74, 6) is 0.975. The van der Waals surface area contributed by atoms with E-state index in [9.17, 15) is 4.79 Å². The number of hydrogen-bond acceptors (Lipinski definition) is 4. The van der Waals surface area contributed by atoms with Crippen molar-refractivity contribution in [1.82, 2.24) is 4.98 Å². The molecule has 3 nitrogen and oxygen atoms in total. The molecular formula is C12H18N2OS. The van der Waals surface area contributed by atoms with Gasteiger partial charge in [0.05, 0.1) is 11.1 Å². The van der Waals surface area contributed by atoms with Gasteiger partial charge in [0, 0.05) is 20.0 Å². The van der Waals surface area contributed by atoms with Crippen LogP contribution < -0.4 is 4.90 Å².